The van der Waals surface area contributed by atoms with Crippen molar-refractivity contribution in [1.82, 2.24) is 4.72 Å². The third-order valence-electron chi connectivity index (χ3n) is 3.26. The van der Waals surface area contributed by atoms with E-state index in [0.717, 1.165) is 0 Å². The highest BCUT2D eigenvalue weighted by Gasteiger charge is 2.26. The zero-order chi connectivity index (χ0) is 16.4. The predicted molar refractivity (Wildman–Crippen MR) is 88.0 cm³/mol. The van der Waals surface area contributed by atoms with E-state index in [0.29, 0.717) is 11.5 Å². The fourth-order valence-electron chi connectivity index (χ4n) is 2.18. The van der Waals surface area contributed by atoms with E-state index in [1.54, 1.807) is 18.2 Å². The number of ether oxygens (including phenoxy) is 2. The van der Waals surface area contributed by atoms with Crippen LogP contribution in [0.3, 0.4) is 0 Å². The van der Waals surface area contributed by atoms with E-state index < -0.39 is 16.1 Å². The molecule has 1 heterocycles. The van der Waals surface area contributed by atoms with Gasteiger partial charge in [-0.1, -0.05) is 41.4 Å². The lowest BCUT2D eigenvalue weighted by atomic mass is 10.2. The second kappa shape index (κ2) is 6.57. The number of rotatable bonds is 4. The van der Waals surface area contributed by atoms with Crippen LogP contribution in [-0.2, 0) is 10.0 Å². The molecule has 1 atom stereocenters. The number of hydrogen-bond donors (Lipinski definition) is 1. The minimum absolute atomic E-state index is 0.0399. The largest absolute Gasteiger partial charge is 0.486 e. The molecule has 0 aliphatic carbocycles. The first kappa shape index (κ1) is 16.4. The van der Waals surface area contributed by atoms with Gasteiger partial charge in [0.25, 0.3) is 0 Å². The van der Waals surface area contributed by atoms with Crippen molar-refractivity contribution in [2.75, 3.05) is 13.2 Å². The molecule has 3 rings (SSSR count). The lowest BCUT2D eigenvalue weighted by Gasteiger charge is -2.26. The topological polar surface area (TPSA) is 64.6 Å². The third-order valence-corrected chi connectivity index (χ3v) is 5.63. The van der Waals surface area contributed by atoms with Gasteiger partial charge < -0.3 is 9.47 Å². The van der Waals surface area contributed by atoms with Crippen LogP contribution >= 0.6 is 23.2 Å². The minimum Gasteiger partial charge on any atom is -0.486 e. The highest BCUT2D eigenvalue weighted by molar-refractivity contribution is 7.89. The van der Waals surface area contributed by atoms with Crippen molar-refractivity contribution in [3.63, 3.8) is 0 Å². The van der Waals surface area contributed by atoms with Crippen molar-refractivity contribution in [1.29, 1.82) is 0 Å². The van der Waals surface area contributed by atoms with Gasteiger partial charge in [0.2, 0.25) is 10.0 Å². The maximum Gasteiger partial charge on any atom is 0.243 e. The summed E-state index contributed by atoms with van der Waals surface area (Å²) < 4.78 is 38.5. The van der Waals surface area contributed by atoms with Crippen LogP contribution in [0.15, 0.2) is 47.4 Å². The fourth-order valence-corrected chi connectivity index (χ4v) is 4.38. The maximum atomic E-state index is 12.4. The van der Waals surface area contributed by atoms with Gasteiger partial charge in [0.15, 0.2) is 11.5 Å². The van der Waals surface area contributed by atoms with Crippen LogP contribution in [0.1, 0.15) is 0 Å². The summed E-state index contributed by atoms with van der Waals surface area (Å²) in [6.45, 7) is 0.286. The highest BCUT2D eigenvalue weighted by Crippen LogP contribution is 2.31. The summed E-state index contributed by atoms with van der Waals surface area (Å²) >= 11 is 11.9. The van der Waals surface area contributed by atoms with Crippen molar-refractivity contribution < 1.29 is 17.9 Å². The number of halogens is 2. The van der Waals surface area contributed by atoms with Crippen molar-refractivity contribution in [2.45, 2.75) is 11.0 Å². The molecule has 122 valence electrons. The first-order chi connectivity index (χ1) is 11.0. The second-order valence-electron chi connectivity index (χ2n) is 4.90. The standard InChI is InChI=1S/C15H13Cl2NO4S/c16-11-4-3-5-12(17)15(11)23(19,20)18-8-10-9-21-13-6-1-2-7-14(13)22-10/h1-7,10,18H,8-9H2. The van der Waals surface area contributed by atoms with Gasteiger partial charge in [-0.15, -0.1) is 0 Å². The summed E-state index contributed by atoms with van der Waals surface area (Å²) in [7, 11) is -3.85. The van der Waals surface area contributed by atoms with Crippen molar-refractivity contribution in [3.05, 3.63) is 52.5 Å². The Morgan fingerprint density at radius 1 is 1.04 bits per heavy atom. The van der Waals surface area contributed by atoms with E-state index in [1.165, 1.54) is 12.1 Å². The predicted octanol–water partition coefficient (Wildman–Crippen LogP) is 3.11. The van der Waals surface area contributed by atoms with Crippen LogP contribution in [0.2, 0.25) is 10.0 Å². The first-order valence-electron chi connectivity index (χ1n) is 6.79. The van der Waals surface area contributed by atoms with E-state index in [4.69, 9.17) is 32.7 Å². The Bertz CT molecular complexity index is 806. The smallest absolute Gasteiger partial charge is 0.243 e. The van der Waals surface area contributed by atoms with E-state index in [9.17, 15) is 8.42 Å². The maximum absolute atomic E-state index is 12.4. The number of benzene rings is 2. The van der Waals surface area contributed by atoms with Crippen LogP contribution in [-0.4, -0.2) is 27.7 Å². The van der Waals surface area contributed by atoms with Crippen LogP contribution in [0.5, 0.6) is 11.5 Å². The molecule has 23 heavy (non-hydrogen) atoms. The Balaban J connectivity index is 1.71. The molecule has 0 saturated heterocycles. The number of hydrogen-bond acceptors (Lipinski definition) is 4. The quantitative estimate of drug-likeness (QED) is 0.893. The molecule has 0 saturated carbocycles. The van der Waals surface area contributed by atoms with Crippen LogP contribution < -0.4 is 14.2 Å². The van der Waals surface area contributed by atoms with Crippen LogP contribution in [0, 0.1) is 0 Å². The molecule has 2 aromatic carbocycles. The van der Waals surface area contributed by atoms with Gasteiger partial charge in [-0.25, -0.2) is 13.1 Å². The molecule has 0 amide bonds. The van der Waals surface area contributed by atoms with Gasteiger partial charge in [-0.3, -0.25) is 0 Å². The summed E-state index contributed by atoms with van der Waals surface area (Å²) in [6.07, 6.45) is -0.444. The minimum atomic E-state index is -3.85. The average Bonchev–Trinajstić information content (AvgIpc) is 2.52. The molecule has 0 aromatic heterocycles. The van der Waals surface area contributed by atoms with Gasteiger partial charge in [-0.2, -0.15) is 0 Å². The Kier molecular flexibility index (Phi) is 4.68. The van der Waals surface area contributed by atoms with Gasteiger partial charge in [-0.05, 0) is 24.3 Å². The number of nitrogens with one attached hydrogen (secondary N) is 1. The second-order valence-corrected chi connectivity index (χ2v) is 7.42. The third kappa shape index (κ3) is 3.55. The summed E-state index contributed by atoms with van der Waals surface area (Å²) in [5.41, 5.74) is 0. The molecule has 0 bridgehead atoms. The Hall–Kier alpha value is -1.47. The van der Waals surface area contributed by atoms with E-state index >= 15 is 0 Å². The van der Waals surface area contributed by atoms with Crippen LogP contribution in [0.25, 0.3) is 0 Å². The Morgan fingerprint density at radius 2 is 1.70 bits per heavy atom. The number of fused-ring (bicyclic) bond motifs is 1. The monoisotopic (exact) mass is 373 g/mol. The molecule has 8 heteroatoms. The normalized spacial score (nSPS) is 17.0. The molecule has 2 aromatic rings. The summed E-state index contributed by atoms with van der Waals surface area (Å²) in [6, 6.07) is 11.7. The molecule has 0 spiro atoms. The molecular formula is C15H13Cl2NO4S. The molecule has 1 aliphatic heterocycles. The molecular weight excluding hydrogens is 361 g/mol. The molecule has 1 unspecified atom stereocenters. The lowest BCUT2D eigenvalue weighted by Crippen LogP contribution is -2.40. The lowest BCUT2D eigenvalue weighted by molar-refractivity contribution is 0.0943. The zero-order valence-corrected chi connectivity index (χ0v) is 14.2. The summed E-state index contributed by atoms with van der Waals surface area (Å²) in [5, 5.41) is 0.132. The molecule has 1 N–H and O–H groups in total. The van der Waals surface area contributed by atoms with Gasteiger partial charge in [0.05, 0.1) is 16.6 Å². The molecule has 0 radical (unpaired) electrons. The molecule has 5 nitrogen and oxygen atoms in total. The summed E-state index contributed by atoms with van der Waals surface area (Å²) in [4.78, 5) is -0.138. The summed E-state index contributed by atoms with van der Waals surface area (Å²) in [5.74, 6) is 1.22. The highest BCUT2D eigenvalue weighted by atomic mass is 35.5. The Labute approximate surface area is 144 Å². The van der Waals surface area contributed by atoms with Gasteiger partial charge in [0, 0.05) is 0 Å². The fraction of sp³-hybridized carbons (Fsp3) is 0.200. The van der Waals surface area contributed by atoms with E-state index in [-0.39, 0.29) is 28.1 Å². The van der Waals surface area contributed by atoms with Crippen molar-refractivity contribution in [2.24, 2.45) is 0 Å². The van der Waals surface area contributed by atoms with Crippen LogP contribution in [0.4, 0.5) is 0 Å². The van der Waals surface area contributed by atoms with E-state index in [1.807, 2.05) is 12.1 Å². The number of sulfonamides is 1. The van der Waals surface area contributed by atoms with Crippen molar-refractivity contribution in [3.8, 4) is 11.5 Å². The zero-order valence-electron chi connectivity index (χ0n) is 11.8. The average molecular weight is 374 g/mol. The van der Waals surface area contributed by atoms with Crippen molar-refractivity contribution >= 4 is 33.2 Å². The molecule has 1 aliphatic rings. The first-order valence-corrected chi connectivity index (χ1v) is 9.03. The molecule has 0 fully saturated rings. The number of para-hydroxylation sites is 2. The van der Waals surface area contributed by atoms with Gasteiger partial charge >= 0.3 is 0 Å². The van der Waals surface area contributed by atoms with Gasteiger partial charge in [0.1, 0.15) is 17.6 Å². The Morgan fingerprint density at radius 3 is 2.39 bits per heavy atom. The SMILES string of the molecule is O=S(=O)(NCC1COc2ccccc2O1)c1c(Cl)cccc1Cl. The van der Waals surface area contributed by atoms with E-state index in [2.05, 4.69) is 4.72 Å².